The first-order valence-corrected chi connectivity index (χ1v) is 8.05. The van der Waals surface area contributed by atoms with Crippen LogP contribution < -0.4 is 5.73 Å². The molecule has 1 aliphatic heterocycles. The lowest BCUT2D eigenvalue weighted by atomic mass is 9.99. The van der Waals surface area contributed by atoms with Crippen molar-refractivity contribution in [2.24, 2.45) is 5.73 Å². The zero-order chi connectivity index (χ0) is 12.0. The van der Waals surface area contributed by atoms with Crippen LogP contribution in [0.1, 0.15) is 32.6 Å². The summed E-state index contributed by atoms with van der Waals surface area (Å²) >= 11 is 0. The maximum Gasteiger partial charge on any atom is 0.151 e. The molecule has 1 fully saturated rings. The molecule has 4 nitrogen and oxygen atoms in total. The summed E-state index contributed by atoms with van der Waals surface area (Å²) < 4.78 is 22.9. The van der Waals surface area contributed by atoms with Crippen LogP contribution in [0.5, 0.6) is 0 Å². The molecule has 0 aromatic heterocycles. The van der Waals surface area contributed by atoms with E-state index in [1.807, 2.05) is 0 Å². The van der Waals surface area contributed by atoms with Gasteiger partial charge in [0.25, 0.3) is 0 Å². The smallest absolute Gasteiger partial charge is 0.151 e. The van der Waals surface area contributed by atoms with Gasteiger partial charge in [0.15, 0.2) is 9.84 Å². The van der Waals surface area contributed by atoms with Gasteiger partial charge < -0.3 is 5.73 Å². The van der Waals surface area contributed by atoms with Gasteiger partial charge in [0, 0.05) is 18.3 Å². The van der Waals surface area contributed by atoms with Gasteiger partial charge >= 0.3 is 0 Å². The van der Waals surface area contributed by atoms with Crippen molar-refractivity contribution in [1.82, 2.24) is 4.90 Å². The Kier molecular flexibility index (Phi) is 8.37. The molecule has 1 heterocycles. The molecule has 0 aromatic carbocycles. The van der Waals surface area contributed by atoms with Crippen LogP contribution in [0.2, 0.25) is 0 Å². The molecule has 0 radical (unpaired) electrons. The number of halogens is 1. The zero-order valence-corrected chi connectivity index (χ0v) is 12.2. The highest BCUT2D eigenvalue weighted by Crippen LogP contribution is 2.18. The van der Waals surface area contributed by atoms with Gasteiger partial charge in [0.05, 0.1) is 5.75 Å². The molecule has 1 unspecified atom stereocenters. The van der Waals surface area contributed by atoms with Gasteiger partial charge in [-0.1, -0.05) is 13.3 Å². The van der Waals surface area contributed by atoms with Crippen molar-refractivity contribution < 1.29 is 8.42 Å². The summed E-state index contributed by atoms with van der Waals surface area (Å²) in [6, 6.07) is 0.505. The van der Waals surface area contributed by atoms with Crippen molar-refractivity contribution >= 4 is 22.2 Å². The van der Waals surface area contributed by atoms with E-state index in [-0.39, 0.29) is 18.2 Å². The largest absolute Gasteiger partial charge is 0.330 e. The van der Waals surface area contributed by atoms with Crippen LogP contribution in [0.4, 0.5) is 0 Å². The summed E-state index contributed by atoms with van der Waals surface area (Å²) in [7, 11) is -2.83. The fourth-order valence-corrected chi connectivity index (χ4v) is 3.08. The van der Waals surface area contributed by atoms with Crippen molar-refractivity contribution in [2.75, 3.05) is 31.1 Å². The molecule has 0 spiro atoms. The Bertz CT molecular complexity index is 294. The first-order valence-electron chi connectivity index (χ1n) is 6.23. The Hall–Kier alpha value is 0.160. The Morgan fingerprint density at radius 1 is 1.35 bits per heavy atom. The highest BCUT2D eigenvalue weighted by Gasteiger charge is 2.22. The topological polar surface area (TPSA) is 63.4 Å². The highest BCUT2D eigenvalue weighted by molar-refractivity contribution is 7.91. The summed E-state index contributed by atoms with van der Waals surface area (Å²) in [5.41, 5.74) is 5.58. The lowest BCUT2D eigenvalue weighted by molar-refractivity contribution is 0.151. The predicted octanol–water partition coefficient (Wildman–Crippen LogP) is 1.05. The number of hydrogen-bond acceptors (Lipinski definition) is 4. The zero-order valence-electron chi connectivity index (χ0n) is 10.6. The van der Waals surface area contributed by atoms with E-state index >= 15 is 0 Å². The van der Waals surface area contributed by atoms with Crippen LogP contribution in [0.25, 0.3) is 0 Å². The average molecular weight is 285 g/mol. The second kappa shape index (κ2) is 8.29. The van der Waals surface area contributed by atoms with E-state index in [1.165, 1.54) is 19.3 Å². The van der Waals surface area contributed by atoms with E-state index in [4.69, 9.17) is 5.73 Å². The average Bonchev–Trinajstić information content (AvgIpc) is 2.28. The van der Waals surface area contributed by atoms with Gasteiger partial charge in [0.2, 0.25) is 0 Å². The van der Waals surface area contributed by atoms with Crippen molar-refractivity contribution in [3.63, 3.8) is 0 Å². The fourth-order valence-electron chi connectivity index (χ4n) is 2.27. The normalized spacial score (nSPS) is 22.1. The standard InChI is InChI=1S/C11H24N2O2S.ClH/c1-2-16(14,15)10-9-13-8-4-3-5-11(13)6-7-12;/h11H,2-10,12H2,1H3;1H. The molecule has 6 heteroatoms. The third-order valence-electron chi connectivity index (χ3n) is 3.38. The third kappa shape index (κ3) is 6.04. The molecule has 104 valence electrons. The van der Waals surface area contributed by atoms with Crippen molar-refractivity contribution in [2.45, 2.75) is 38.6 Å². The summed E-state index contributed by atoms with van der Waals surface area (Å²) in [5.74, 6) is 0.549. The molecule has 0 amide bonds. The number of sulfone groups is 1. The maximum absolute atomic E-state index is 11.5. The van der Waals surface area contributed by atoms with Crippen LogP contribution in [-0.4, -0.2) is 50.5 Å². The Morgan fingerprint density at radius 3 is 2.65 bits per heavy atom. The quantitative estimate of drug-likeness (QED) is 0.792. The second-order valence-electron chi connectivity index (χ2n) is 4.50. The lowest BCUT2D eigenvalue weighted by Crippen LogP contribution is -2.43. The third-order valence-corrected chi connectivity index (χ3v) is 5.06. The van der Waals surface area contributed by atoms with E-state index in [0.29, 0.717) is 24.9 Å². The van der Waals surface area contributed by atoms with Gasteiger partial charge in [-0.25, -0.2) is 8.42 Å². The molecule has 1 aliphatic rings. The van der Waals surface area contributed by atoms with E-state index in [1.54, 1.807) is 6.92 Å². The monoisotopic (exact) mass is 284 g/mol. The van der Waals surface area contributed by atoms with Crippen LogP contribution in [-0.2, 0) is 9.84 Å². The maximum atomic E-state index is 11.5. The van der Waals surface area contributed by atoms with E-state index in [2.05, 4.69) is 4.90 Å². The van der Waals surface area contributed by atoms with Crippen molar-refractivity contribution in [3.8, 4) is 0 Å². The number of likely N-dealkylation sites (tertiary alicyclic amines) is 1. The van der Waals surface area contributed by atoms with E-state index in [0.717, 1.165) is 13.0 Å². The van der Waals surface area contributed by atoms with Crippen LogP contribution >= 0.6 is 12.4 Å². The molecule has 0 aromatic rings. The Morgan fingerprint density at radius 2 is 2.06 bits per heavy atom. The first kappa shape index (κ1) is 17.2. The van der Waals surface area contributed by atoms with E-state index < -0.39 is 9.84 Å². The van der Waals surface area contributed by atoms with Gasteiger partial charge in [0.1, 0.15) is 0 Å². The Balaban J connectivity index is 0.00000256. The Labute approximate surface area is 111 Å². The highest BCUT2D eigenvalue weighted by atomic mass is 35.5. The SMILES string of the molecule is CCS(=O)(=O)CCN1CCCCC1CCN.Cl. The van der Waals surface area contributed by atoms with Gasteiger partial charge in [-0.3, -0.25) is 4.90 Å². The number of nitrogens with zero attached hydrogens (tertiary/aromatic N) is 1. The molecule has 1 atom stereocenters. The molecule has 0 aliphatic carbocycles. The minimum Gasteiger partial charge on any atom is -0.330 e. The van der Waals surface area contributed by atoms with E-state index in [9.17, 15) is 8.42 Å². The molecule has 1 saturated heterocycles. The molecular formula is C11H25ClN2O2S. The molecule has 17 heavy (non-hydrogen) atoms. The number of piperidine rings is 1. The van der Waals surface area contributed by atoms with Gasteiger partial charge in [-0.2, -0.15) is 0 Å². The number of nitrogens with two attached hydrogens (primary N) is 1. The summed E-state index contributed by atoms with van der Waals surface area (Å²) in [6.07, 6.45) is 4.60. The second-order valence-corrected chi connectivity index (χ2v) is 6.97. The molecule has 1 rings (SSSR count). The molecule has 0 bridgehead atoms. The minimum absolute atomic E-state index is 0. The molecule has 0 saturated carbocycles. The first-order chi connectivity index (χ1) is 7.59. The minimum atomic E-state index is -2.83. The molecule has 2 N–H and O–H groups in total. The molecular weight excluding hydrogens is 260 g/mol. The van der Waals surface area contributed by atoms with Crippen LogP contribution in [0, 0.1) is 0 Å². The number of hydrogen-bond donors (Lipinski definition) is 1. The summed E-state index contributed by atoms with van der Waals surface area (Å²) in [4.78, 5) is 2.31. The number of rotatable bonds is 6. The van der Waals surface area contributed by atoms with Gasteiger partial charge in [-0.15, -0.1) is 12.4 Å². The van der Waals surface area contributed by atoms with Gasteiger partial charge in [-0.05, 0) is 32.4 Å². The van der Waals surface area contributed by atoms with Crippen LogP contribution in [0.15, 0.2) is 0 Å². The fraction of sp³-hybridized carbons (Fsp3) is 1.00. The summed E-state index contributed by atoms with van der Waals surface area (Å²) in [5, 5.41) is 0. The van der Waals surface area contributed by atoms with Crippen molar-refractivity contribution in [1.29, 1.82) is 0 Å². The predicted molar refractivity (Wildman–Crippen MR) is 74.5 cm³/mol. The lowest BCUT2D eigenvalue weighted by Gasteiger charge is -2.35. The summed E-state index contributed by atoms with van der Waals surface area (Å²) in [6.45, 7) is 4.12. The van der Waals surface area contributed by atoms with Crippen molar-refractivity contribution in [3.05, 3.63) is 0 Å². The van der Waals surface area contributed by atoms with Crippen LogP contribution in [0.3, 0.4) is 0 Å².